The Labute approximate surface area is 138 Å². The highest BCUT2D eigenvalue weighted by Gasteiger charge is 2.31. The molecule has 126 valence electrons. The van der Waals surface area contributed by atoms with E-state index < -0.39 is 22.7 Å². The molecule has 0 fully saturated rings. The first kappa shape index (κ1) is 17.5. The van der Waals surface area contributed by atoms with Crippen molar-refractivity contribution in [2.75, 3.05) is 10.6 Å². The quantitative estimate of drug-likeness (QED) is 0.603. The zero-order chi connectivity index (χ0) is 17.9. The molecule has 0 bridgehead atoms. The van der Waals surface area contributed by atoms with Gasteiger partial charge in [-0.05, 0) is 30.3 Å². The molecule has 2 amide bonds. The Hall–Kier alpha value is -2.81. The van der Waals surface area contributed by atoms with E-state index in [4.69, 9.17) is 11.6 Å². The summed E-state index contributed by atoms with van der Waals surface area (Å²) >= 11 is 5.76. The van der Waals surface area contributed by atoms with Crippen LogP contribution in [0.3, 0.4) is 0 Å². The fourth-order valence-electron chi connectivity index (χ4n) is 1.75. The normalized spacial score (nSPS) is 11.0. The summed E-state index contributed by atoms with van der Waals surface area (Å²) in [5.41, 5.74) is -1.12. The third kappa shape index (κ3) is 4.35. The Balaban J connectivity index is 2.11. The number of nitrogens with one attached hydrogen (secondary N) is 2. The van der Waals surface area contributed by atoms with Crippen molar-refractivity contribution in [3.63, 3.8) is 0 Å². The number of nitro benzene ring substituents is 1. The Bertz CT molecular complexity index is 779. The van der Waals surface area contributed by atoms with Gasteiger partial charge < -0.3 is 10.6 Å². The van der Waals surface area contributed by atoms with Gasteiger partial charge in [-0.25, -0.2) is 4.79 Å². The molecule has 0 aliphatic heterocycles. The molecule has 2 N–H and O–H groups in total. The van der Waals surface area contributed by atoms with E-state index in [9.17, 15) is 28.1 Å². The van der Waals surface area contributed by atoms with Crippen molar-refractivity contribution in [3.05, 3.63) is 63.2 Å². The molecule has 0 spiro atoms. The molecule has 10 heteroatoms. The number of nitro groups is 1. The average Bonchev–Trinajstić information content (AvgIpc) is 2.48. The zero-order valence-corrected chi connectivity index (χ0v) is 12.5. The van der Waals surface area contributed by atoms with Crippen molar-refractivity contribution in [1.82, 2.24) is 0 Å². The van der Waals surface area contributed by atoms with Gasteiger partial charge in [0.25, 0.3) is 5.69 Å². The summed E-state index contributed by atoms with van der Waals surface area (Å²) in [7, 11) is 0. The van der Waals surface area contributed by atoms with Crippen LogP contribution in [0.5, 0.6) is 0 Å². The second-order valence-electron chi connectivity index (χ2n) is 4.58. The van der Waals surface area contributed by atoms with Crippen molar-refractivity contribution < 1.29 is 22.9 Å². The van der Waals surface area contributed by atoms with Gasteiger partial charge in [0.1, 0.15) is 0 Å². The molecule has 0 heterocycles. The maximum Gasteiger partial charge on any atom is 0.416 e. The Morgan fingerprint density at radius 2 is 1.71 bits per heavy atom. The highest BCUT2D eigenvalue weighted by Crippen LogP contribution is 2.33. The smallest absolute Gasteiger partial charge is 0.308 e. The van der Waals surface area contributed by atoms with Crippen molar-refractivity contribution in [3.8, 4) is 0 Å². The van der Waals surface area contributed by atoms with Crippen molar-refractivity contribution in [2.45, 2.75) is 6.18 Å². The molecule has 0 aliphatic carbocycles. The number of anilines is 2. The summed E-state index contributed by atoms with van der Waals surface area (Å²) in [6, 6.07) is 6.59. The minimum atomic E-state index is -4.57. The maximum atomic E-state index is 12.7. The fraction of sp³-hybridized carbons (Fsp3) is 0.0714. The lowest BCUT2D eigenvalue weighted by Crippen LogP contribution is -2.20. The third-order valence-electron chi connectivity index (χ3n) is 2.88. The van der Waals surface area contributed by atoms with E-state index >= 15 is 0 Å². The highest BCUT2D eigenvalue weighted by molar-refractivity contribution is 6.33. The lowest BCUT2D eigenvalue weighted by Gasteiger charge is -2.12. The molecule has 0 saturated carbocycles. The topological polar surface area (TPSA) is 84.3 Å². The standard InChI is InChI=1S/C14H9ClF3N3O3/c15-11-6-1-8(14(16,17)18)7-12(11)20-13(22)19-9-2-4-10(5-3-9)21(23)24/h1-7H,(H2,19,20,22). The van der Waals surface area contributed by atoms with E-state index in [0.717, 1.165) is 12.1 Å². The molecule has 0 aliphatic rings. The number of rotatable bonds is 3. The van der Waals surface area contributed by atoms with Gasteiger partial charge in [-0.3, -0.25) is 10.1 Å². The summed E-state index contributed by atoms with van der Waals surface area (Å²) in [4.78, 5) is 21.7. The number of carbonyl (C=O) groups excluding carboxylic acids is 1. The average molecular weight is 360 g/mol. The predicted octanol–water partition coefficient (Wildman–Crippen LogP) is 4.91. The molecule has 2 aromatic rings. The van der Waals surface area contributed by atoms with Crippen LogP contribution in [0.15, 0.2) is 42.5 Å². The van der Waals surface area contributed by atoms with Crippen LogP contribution in [0.4, 0.5) is 35.0 Å². The Morgan fingerprint density at radius 1 is 1.08 bits per heavy atom. The minimum absolute atomic E-state index is 0.0677. The third-order valence-corrected chi connectivity index (χ3v) is 3.21. The molecular weight excluding hydrogens is 351 g/mol. The molecule has 0 saturated heterocycles. The predicted molar refractivity (Wildman–Crippen MR) is 82.2 cm³/mol. The number of amides is 2. The first-order chi connectivity index (χ1) is 11.2. The number of hydrogen-bond donors (Lipinski definition) is 2. The van der Waals surface area contributed by atoms with Crippen LogP contribution in [0.2, 0.25) is 5.02 Å². The van der Waals surface area contributed by atoms with Gasteiger partial charge in [-0.2, -0.15) is 13.2 Å². The second kappa shape index (κ2) is 6.75. The number of halogens is 4. The first-order valence-electron chi connectivity index (χ1n) is 6.36. The summed E-state index contributed by atoms with van der Waals surface area (Å²) in [5.74, 6) is 0. The van der Waals surface area contributed by atoms with E-state index in [2.05, 4.69) is 10.6 Å². The molecule has 2 rings (SSSR count). The van der Waals surface area contributed by atoms with Crippen LogP contribution in [0.1, 0.15) is 5.56 Å². The molecule has 6 nitrogen and oxygen atoms in total. The van der Waals surface area contributed by atoms with Gasteiger partial charge in [0.05, 0.1) is 21.2 Å². The Kier molecular flexibility index (Phi) is 4.93. The van der Waals surface area contributed by atoms with Crippen molar-refractivity contribution in [1.29, 1.82) is 0 Å². The first-order valence-corrected chi connectivity index (χ1v) is 6.74. The lowest BCUT2D eigenvalue weighted by atomic mass is 10.2. The molecule has 0 unspecified atom stereocenters. The SMILES string of the molecule is O=C(Nc1ccc([N+](=O)[O-])cc1)Nc1cc(C(F)(F)F)ccc1Cl. The molecule has 24 heavy (non-hydrogen) atoms. The van der Waals surface area contributed by atoms with E-state index in [-0.39, 0.29) is 22.1 Å². The molecule has 2 aromatic carbocycles. The largest absolute Gasteiger partial charge is 0.416 e. The van der Waals surface area contributed by atoms with Gasteiger partial charge in [-0.1, -0.05) is 11.6 Å². The number of hydrogen-bond acceptors (Lipinski definition) is 3. The van der Waals surface area contributed by atoms with Crippen LogP contribution in [0, 0.1) is 10.1 Å². The number of benzene rings is 2. The minimum Gasteiger partial charge on any atom is -0.308 e. The van der Waals surface area contributed by atoms with Crippen LogP contribution in [-0.4, -0.2) is 11.0 Å². The lowest BCUT2D eigenvalue weighted by molar-refractivity contribution is -0.384. The van der Waals surface area contributed by atoms with E-state index in [1.807, 2.05) is 0 Å². The van der Waals surface area contributed by atoms with Crippen LogP contribution >= 0.6 is 11.6 Å². The van der Waals surface area contributed by atoms with Gasteiger partial charge in [-0.15, -0.1) is 0 Å². The summed E-state index contributed by atoms with van der Waals surface area (Å²) in [6.07, 6.45) is -4.57. The summed E-state index contributed by atoms with van der Waals surface area (Å²) in [6.45, 7) is 0. The number of alkyl halides is 3. The fourth-order valence-corrected chi connectivity index (χ4v) is 1.91. The van der Waals surface area contributed by atoms with Gasteiger partial charge in [0.2, 0.25) is 0 Å². The zero-order valence-electron chi connectivity index (χ0n) is 11.7. The van der Waals surface area contributed by atoms with E-state index in [1.165, 1.54) is 24.3 Å². The van der Waals surface area contributed by atoms with Crippen LogP contribution in [-0.2, 0) is 6.18 Å². The number of carbonyl (C=O) groups is 1. The van der Waals surface area contributed by atoms with Crippen molar-refractivity contribution >= 4 is 34.7 Å². The van der Waals surface area contributed by atoms with Crippen molar-refractivity contribution in [2.24, 2.45) is 0 Å². The maximum absolute atomic E-state index is 12.7. The van der Waals surface area contributed by atoms with E-state index in [0.29, 0.717) is 6.07 Å². The molecule has 0 atom stereocenters. The molecule has 0 aromatic heterocycles. The number of non-ortho nitro benzene ring substituents is 1. The second-order valence-corrected chi connectivity index (χ2v) is 4.98. The summed E-state index contributed by atoms with van der Waals surface area (Å²) < 4.78 is 38.0. The molecular formula is C14H9ClF3N3O3. The Morgan fingerprint density at radius 3 is 2.25 bits per heavy atom. The van der Waals surface area contributed by atoms with Gasteiger partial charge in [0, 0.05) is 17.8 Å². The van der Waals surface area contributed by atoms with Crippen LogP contribution in [0.25, 0.3) is 0 Å². The molecule has 0 radical (unpaired) electrons. The van der Waals surface area contributed by atoms with Crippen LogP contribution < -0.4 is 10.6 Å². The number of nitrogens with zero attached hydrogens (tertiary/aromatic N) is 1. The van der Waals surface area contributed by atoms with Gasteiger partial charge >= 0.3 is 12.2 Å². The summed E-state index contributed by atoms with van der Waals surface area (Å²) in [5, 5.41) is 15.0. The highest BCUT2D eigenvalue weighted by atomic mass is 35.5. The monoisotopic (exact) mass is 359 g/mol. The van der Waals surface area contributed by atoms with E-state index in [1.54, 1.807) is 0 Å². The van der Waals surface area contributed by atoms with Gasteiger partial charge in [0.15, 0.2) is 0 Å². The number of urea groups is 1.